The number of aromatic nitrogens is 2. The lowest BCUT2D eigenvalue weighted by atomic mass is 10.3. The van der Waals surface area contributed by atoms with Crippen LogP contribution in [0.5, 0.6) is 0 Å². The van der Waals surface area contributed by atoms with Gasteiger partial charge in [0.1, 0.15) is 11.0 Å². The van der Waals surface area contributed by atoms with E-state index in [1.165, 1.54) is 11.7 Å². The zero-order chi connectivity index (χ0) is 6.10. The third kappa shape index (κ3) is 0.695. The molecule has 0 saturated carbocycles. The summed E-state index contributed by atoms with van der Waals surface area (Å²) < 4.78 is 7.91. The van der Waals surface area contributed by atoms with Crippen LogP contribution in [0.3, 0.4) is 0 Å². The molecule has 41 valence electrons. The molecule has 0 amide bonds. The van der Waals surface area contributed by atoms with Gasteiger partial charge in [0.2, 0.25) is 0 Å². The van der Waals surface area contributed by atoms with Crippen LogP contribution in [-0.4, -0.2) is 8.75 Å². The molecule has 2 rings (SSSR count). The molecule has 2 aromatic rings. The molecular formula is C6HN2S. The van der Waals surface area contributed by atoms with E-state index in [0.717, 1.165) is 11.0 Å². The summed E-state index contributed by atoms with van der Waals surface area (Å²) in [5.74, 6) is 0. The van der Waals surface area contributed by atoms with E-state index in [1.54, 1.807) is 6.07 Å². The molecule has 0 bridgehead atoms. The maximum atomic E-state index is 3.97. The van der Waals surface area contributed by atoms with Gasteiger partial charge in [-0.2, -0.15) is 8.75 Å². The minimum absolute atomic E-state index is 0.777. The molecule has 9 heavy (non-hydrogen) atoms. The van der Waals surface area contributed by atoms with E-state index >= 15 is 0 Å². The second-order valence-electron chi connectivity index (χ2n) is 1.54. The van der Waals surface area contributed by atoms with E-state index in [2.05, 4.69) is 26.9 Å². The average Bonchev–Trinajstić information content (AvgIpc) is 2.33. The fourth-order valence-electron chi connectivity index (χ4n) is 0.577. The van der Waals surface area contributed by atoms with Gasteiger partial charge in [0.05, 0.1) is 11.7 Å². The zero-order valence-corrected chi connectivity index (χ0v) is 5.20. The Morgan fingerprint density at radius 1 is 1.44 bits per heavy atom. The molecule has 0 saturated heterocycles. The molecule has 3 radical (unpaired) electrons. The highest BCUT2D eigenvalue weighted by Gasteiger charge is 1.92. The number of hydrogen-bond acceptors (Lipinski definition) is 3. The number of fused-ring (bicyclic) bond motifs is 1. The van der Waals surface area contributed by atoms with Crippen molar-refractivity contribution in [2.24, 2.45) is 0 Å². The van der Waals surface area contributed by atoms with E-state index in [0.29, 0.717) is 0 Å². The molecule has 0 N–H and O–H groups in total. The molecule has 0 spiro atoms. The summed E-state index contributed by atoms with van der Waals surface area (Å²) in [7, 11) is 0. The first-order valence-corrected chi connectivity index (χ1v) is 3.12. The molecule has 0 aliphatic heterocycles. The Balaban J connectivity index is 2.95. The van der Waals surface area contributed by atoms with Gasteiger partial charge in [-0.25, -0.2) is 0 Å². The third-order valence-corrected chi connectivity index (χ3v) is 1.52. The van der Waals surface area contributed by atoms with Crippen LogP contribution in [0.15, 0.2) is 6.07 Å². The van der Waals surface area contributed by atoms with Crippen molar-refractivity contribution in [2.75, 3.05) is 0 Å². The Labute approximate surface area is 56.5 Å². The first-order chi connectivity index (χ1) is 4.47. The van der Waals surface area contributed by atoms with Gasteiger partial charge in [-0.15, -0.1) is 0 Å². The van der Waals surface area contributed by atoms with Crippen molar-refractivity contribution in [1.29, 1.82) is 0 Å². The summed E-state index contributed by atoms with van der Waals surface area (Å²) in [6, 6.07) is 9.95. The molecule has 1 aromatic heterocycles. The van der Waals surface area contributed by atoms with E-state index in [-0.39, 0.29) is 0 Å². The van der Waals surface area contributed by atoms with Crippen molar-refractivity contribution in [3.8, 4) is 0 Å². The lowest BCUT2D eigenvalue weighted by Gasteiger charge is -1.76. The van der Waals surface area contributed by atoms with E-state index in [9.17, 15) is 0 Å². The zero-order valence-electron chi connectivity index (χ0n) is 4.38. The van der Waals surface area contributed by atoms with Gasteiger partial charge in [-0.05, 0) is 12.1 Å². The summed E-state index contributed by atoms with van der Waals surface area (Å²) in [4.78, 5) is 0. The van der Waals surface area contributed by atoms with Crippen molar-refractivity contribution in [3.63, 3.8) is 0 Å². The van der Waals surface area contributed by atoms with Crippen LogP contribution in [0.4, 0.5) is 0 Å². The fourth-order valence-corrected chi connectivity index (χ4v) is 1.07. The molecule has 0 atom stereocenters. The summed E-state index contributed by atoms with van der Waals surface area (Å²) in [6.07, 6.45) is 0. The van der Waals surface area contributed by atoms with E-state index in [4.69, 9.17) is 0 Å². The van der Waals surface area contributed by atoms with Crippen LogP contribution >= 0.6 is 11.7 Å². The number of benzene rings is 1. The highest BCUT2D eigenvalue weighted by molar-refractivity contribution is 7.00. The predicted octanol–water partition coefficient (Wildman–Crippen LogP) is 1.09. The number of hydrogen-bond donors (Lipinski definition) is 0. The standard InChI is InChI=1S/C6HN2S/c1-2-4-6-5(3-1)7-9-8-6/h3H. The Kier molecular flexibility index (Phi) is 0.960. The Bertz CT molecular complexity index is 285. The van der Waals surface area contributed by atoms with Gasteiger partial charge >= 0.3 is 0 Å². The van der Waals surface area contributed by atoms with Crippen LogP contribution in [0.2, 0.25) is 0 Å². The molecule has 0 unspecified atom stereocenters. The second kappa shape index (κ2) is 1.77. The molecule has 1 aromatic carbocycles. The largest absolute Gasteiger partial charge is 0.173 e. The Morgan fingerprint density at radius 3 is 3.33 bits per heavy atom. The SMILES string of the molecule is [c]1[c]cc2nsnc2[c]1. The second-order valence-corrected chi connectivity index (χ2v) is 2.07. The first kappa shape index (κ1) is 4.88. The van der Waals surface area contributed by atoms with Crippen molar-refractivity contribution >= 4 is 22.8 Å². The third-order valence-electron chi connectivity index (χ3n) is 0.976. The molecule has 0 aliphatic rings. The van der Waals surface area contributed by atoms with Gasteiger partial charge in [0.25, 0.3) is 0 Å². The quantitative estimate of drug-likeness (QED) is 0.537. The molecule has 1 heterocycles. The van der Waals surface area contributed by atoms with E-state index < -0.39 is 0 Å². The highest BCUT2D eigenvalue weighted by Crippen LogP contribution is 2.06. The van der Waals surface area contributed by atoms with Crippen LogP contribution in [0.1, 0.15) is 0 Å². The lowest BCUT2D eigenvalue weighted by Crippen LogP contribution is -1.65. The number of rotatable bonds is 0. The van der Waals surface area contributed by atoms with Crippen LogP contribution in [0, 0.1) is 18.2 Å². The Morgan fingerprint density at radius 2 is 2.44 bits per heavy atom. The summed E-state index contributed by atoms with van der Waals surface area (Å²) in [6.45, 7) is 0. The van der Waals surface area contributed by atoms with Crippen LogP contribution < -0.4 is 0 Å². The average molecular weight is 133 g/mol. The van der Waals surface area contributed by atoms with Crippen LogP contribution in [0.25, 0.3) is 11.0 Å². The maximum absolute atomic E-state index is 3.97. The smallest absolute Gasteiger partial charge is 0.113 e. The van der Waals surface area contributed by atoms with Gasteiger partial charge in [0, 0.05) is 12.1 Å². The van der Waals surface area contributed by atoms with Gasteiger partial charge in [0.15, 0.2) is 0 Å². The van der Waals surface area contributed by atoms with E-state index in [1.807, 2.05) is 0 Å². The summed E-state index contributed by atoms with van der Waals surface area (Å²) in [5, 5.41) is 0. The van der Waals surface area contributed by atoms with Gasteiger partial charge in [-0.1, -0.05) is 0 Å². The molecule has 0 fully saturated rings. The first-order valence-electron chi connectivity index (χ1n) is 2.39. The van der Waals surface area contributed by atoms with Crippen molar-refractivity contribution in [1.82, 2.24) is 8.75 Å². The van der Waals surface area contributed by atoms with Gasteiger partial charge < -0.3 is 0 Å². The van der Waals surface area contributed by atoms with Crippen LogP contribution in [-0.2, 0) is 0 Å². The molecule has 3 heteroatoms. The maximum Gasteiger partial charge on any atom is 0.113 e. The molecule has 0 aliphatic carbocycles. The highest BCUT2D eigenvalue weighted by atomic mass is 32.1. The Hall–Kier alpha value is -0.960. The summed E-state index contributed by atoms with van der Waals surface area (Å²) >= 11 is 1.18. The minimum atomic E-state index is 0.777. The monoisotopic (exact) mass is 133 g/mol. The lowest BCUT2D eigenvalue weighted by molar-refractivity contribution is 1.62. The fraction of sp³-hybridized carbons (Fsp3) is 0. The molecular weight excluding hydrogens is 132 g/mol. The summed E-state index contributed by atoms with van der Waals surface area (Å²) in [5.41, 5.74) is 1.62. The van der Waals surface area contributed by atoms with Crippen molar-refractivity contribution in [3.05, 3.63) is 24.3 Å². The topological polar surface area (TPSA) is 25.8 Å². The van der Waals surface area contributed by atoms with Crippen molar-refractivity contribution in [2.45, 2.75) is 0 Å². The van der Waals surface area contributed by atoms with Gasteiger partial charge in [-0.3, -0.25) is 0 Å². The molecule has 2 nitrogen and oxygen atoms in total. The predicted molar refractivity (Wildman–Crippen MR) is 33.9 cm³/mol. The normalized spacial score (nSPS) is 10.2. The van der Waals surface area contributed by atoms with Crippen molar-refractivity contribution < 1.29 is 0 Å². The minimum Gasteiger partial charge on any atom is -0.173 e. The number of nitrogens with zero attached hydrogens (tertiary/aromatic N) is 2.